The number of hydrogen-bond acceptors (Lipinski definition) is 4. The van der Waals surface area contributed by atoms with E-state index in [-0.39, 0.29) is 11.6 Å². The lowest BCUT2D eigenvalue weighted by Gasteiger charge is -2.08. The van der Waals surface area contributed by atoms with Gasteiger partial charge >= 0.3 is 0 Å². The Morgan fingerprint density at radius 3 is 2.68 bits per heavy atom. The first-order valence-corrected chi connectivity index (χ1v) is 8.46. The topological polar surface area (TPSA) is 73.2 Å². The van der Waals surface area contributed by atoms with Gasteiger partial charge in [-0.05, 0) is 59.0 Å². The summed E-state index contributed by atoms with van der Waals surface area (Å²) in [5, 5.41) is 6.81. The van der Waals surface area contributed by atoms with Gasteiger partial charge in [-0.3, -0.25) is 9.59 Å². The number of anilines is 1. The second-order valence-corrected chi connectivity index (χ2v) is 6.36. The van der Waals surface area contributed by atoms with Crippen molar-refractivity contribution in [2.45, 2.75) is 0 Å². The van der Waals surface area contributed by atoms with Crippen LogP contribution in [0.5, 0.6) is 5.75 Å². The van der Waals surface area contributed by atoms with Crippen molar-refractivity contribution in [2.24, 2.45) is 0 Å². The van der Waals surface area contributed by atoms with Crippen LogP contribution in [0.3, 0.4) is 0 Å². The molecule has 0 saturated heterocycles. The molecule has 0 unspecified atom stereocenters. The van der Waals surface area contributed by atoms with Crippen LogP contribution in [-0.2, 0) is 0 Å². The molecule has 6 nitrogen and oxygen atoms in total. The molecule has 0 radical (unpaired) electrons. The first-order valence-electron chi connectivity index (χ1n) is 7.39. The second-order valence-electron chi connectivity index (χ2n) is 5.12. The Labute approximate surface area is 157 Å². The van der Waals surface area contributed by atoms with Gasteiger partial charge in [-0.1, -0.05) is 18.2 Å². The molecule has 0 aliphatic carbocycles. The number of nitrogens with one attached hydrogen (secondary N) is 1. The van der Waals surface area contributed by atoms with E-state index in [9.17, 15) is 9.59 Å². The van der Waals surface area contributed by atoms with E-state index in [1.165, 1.54) is 19.4 Å². The molecule has 0 saturated carbocycles. The zero-order valence-electron chi connectivity index (χ0n) is 13.3. The van der Waals surface area contributed by atoms with Gasteiger partial charge in [0.15, 0.2) is 5.69 Å². The first-order chi connectivity index (χ1) is 12.1. The number of rotatable bonds is 4. The third kappa shape index (κ3) is 3.87. The highest BCUT2D eigenvalue weighted by Crippen LogP contribution is 2.23. The maximum Gasteiger partial charge on any atom is 0.278 e. The van der Waals surface area contributed by atoms with Crippen LogP contribution in [-0.4, -0.2) is 28.7 Å². The summed E-state index contributed by atoms with van der Waals surface area (Å²) in [7, 11) is 1.53. The van der Waals surface area contributed by atoms with Crippen LogP contribution in [0.2, 0.25) is 0 Å². The quantitative estimate of drug-likeness (QED) is 0.623. The summed E-state index contributed by atoms with van der Waals surface area (Å²) in [6.07, 6.45) is 1.47. The monoisotopic (exact) mass is 447 g/mol. The minimum absolute atomic E-state index is 0.143. The standard InChI is InChI=1S/C18H14IN3O3/c1-25-16-8-3-2-7-14(16)20-17(23)15-9-10-22(21-15)18(24)12-5-4-6-13(19)11-12/h2-11H,1H3,(H,20,23). The van der Waals surface area contributed by atoms with E-state index in [2.05, 4.69) is 33.0 Å². The van der Waals surface area contributed by atoms with E-state index in [1.807, 2.05) is 12.1 Å². The van der Waals surface area contributed by atoms with Gasteiger partial charge in [0.1, 0.15) is 5.75 Å². The number of carbonyl (C=O) groups is 2. The first kappa shape index (κ1) is 17.2. The Balaban J connectivity index is 1.79. The number of amides is 1. The van der Waals surface area contributed by atoms with E-state index in [1.54, 1.807) is 36.4 Å². The van der Waals surface area contributed by atoms with Gasteiger partial charge < -0.3 is 10.1 Å². The van der Waals surface area contributed by atoms with Gasteiger partial charge in [0.25, 0.3) is 11.8 Å². The molecule has 25 heavy (non-hydrogen) atoms. The molecule has 7 heteroatoms. The summed E-state index contributed by atoms with van der Waals surface area (Å²) in [5.74, 6) is -0.168. The maximum absolute atomic E-state index is 12.4. The molecule has 3 aromatic rings. The molecular weight excluding hydrogens is 433 g/mol. The Hall–Kier alpha value is -2.68. The highest BCUT2D eigenvalue weighted by molar-refractivity contribution is 14.1. The molecule has 1 aromatic heterocycles. The van der Waals surface area contributed by atoms with Gasteiger partial charge in [0, 0.05) is 15.3 Å². The molecule has 3 rings (SSSR count). The minimum atomic E-state index is -0.418. The molecule has 1 heterocycles. The summed E-state index contributed by atoms with van der Waals surface area (Å²) in [5.41, 5.74) is 1.19. The SMILES string of the molecule is COc1ccccc1NC(=O)c1ccn(C(=O)c2cccc(I)c2)n1. The van der Waals surface area contributed by atoms with Crippen molar-refractivity contribution in [1.29, 1.82) is 0 Å². The molecular formula is C18H14IN3O3. The number of halogens is 1. The average Bonchev–Trinajstić information content (AvgIpc) is 3.12. The van der Waals surface area contributed by atoms with Crippen molar-refractivity contribution < 1.29 is 14.3 Å². The molecule has 0 fully saturated rings. The van der Waals surface area contributed by atoms with Crippen molar-refractivity contribution >= 4 is 40.1 Å². The van der Waals surface area contributed by atoms with Crippen LogP contribution < -0.4 is 10.1 Å². The summed E-state index contributed by atoms with van der Waals surface area (Å²) < 4.78 is 7.30. The number of methoxy groups -OCH3 is 1. The number of carbonyl (C=O) groups excluding carboxylic acids is 2. The van der Waals surface area contributed by atoms with Gasteiger partial charge in [0.05, 0.1) is 12.8 Å². The Bertz CT molecular complexity index is 937. The predicted molar refractivity (Wildman–Crippen MR) is 102 cm³/mol. The normalized spacial score (nSPS) is 10.3. The lowest BCUT2D eigenvalue weighted by atomic mass is 10.2. The highest BCUT2D eigenvalue weighted by Gasteiger charge is 2.15. The van der Waals surface area contributed by atoms with Gasteiger partial charge in [-0.25, -0.2) is 4.68 Å². The molecule has 0 aliphatic heterocycles. The summed E-state index contributed by atoms with van der Waals surface area (Å²) >= 11 is 2.14. The Morgan fingerprint density at radius 1 is 1.12 bits per heavy atom. The van der Waals surface area contributed by atoms with Gasteiger partial charge in [-0.2, -0.15) is 5.10 Å². The minimum Gasteiger partial charge on any atom is -0.495 e. The van der Waals surface area contributed by atoms with Crippen LogP contribution in [0.15, 0.2) is 60.8 Å². The smallest absolute Gasteiger partial charge is 0.278 e. The molecule has 0 spiro atoms. The molecule has 2 aromatic carbocycles. The van der Waals surface area contributed by atoms with Crippen molar-refractivity contribution in [3.63, 3.8) is 0 Å². The zero-order valence-corrected chi connectivity index (χ0v) is 15.4. The van der Waals surface area contributed by atoms with Crippen molar-refractivity contribution in [3.8, 4) is 5.75 Å². The fraction of sp³-hybridized carbons (Fsp3) is 0.0556. The van der Waals surface area contributed by atoms with Crippen LogP contribution in [0.1, 0.15) is 20.8 Å². The van der Waals surface area contributed by atoms with Crippen molar-refractivity contribution in [3.05, 3.63) is 75.6 Å². The molecule has 0 atom stereocenters. The molecule has 126 valence electrons. The van der Waals surface area contributed by atoms with Crippen molar-refractivity contribution in [1.82, 2.24) is 9.78 Å². The fourth-order valence-electron chi connectivity index (χ4n) is 2.25. The molecule has 0 aliphatic rings. The van der Waals surface area contributed by atoms with Gasteiger partial charge in [0.2, 0.25) is 0 Å². The van der Waals surface area contributed by atoms with Crippen LogP contribution in [0.4, 0.5) is 5.69 Å². The Morgan fingerprint density at radius 2 is 1.92 bits per heavy atom. The number of para-hydroxylation sites is 2. The lowest BCUT2D eigenvalue weighted by molar-refractivity contribution is 0.0944. The van der Waals surface area contributed by atoms with Crippen molar-refractivity contribution in [2.75, 3.05) is 12.4 Å². The van der Waals surface area contributed by atoms with E-state index in [0.29, 0.717) is 17.0 Å². The number of hydrogen-bond donors (Lipinski definition) is 1. The number of aromatic nitrogens is 2. The summed E-state index contributed by atoms with van der Waals surface area (Å²) in [6, 6.07) is 15.7. The molecule has 1 N–H and O–H groups in total. The van der Waals surface area contributed by atoms with Crippen LogP contribution in [0, 0.1) is 3.57 Å². The third-order valence-corrected chi connectivity index (χ3v) is 4.13. The van der Waals surface area contributed by atoms with Gasteiger partial charge in [-0.15, -0.1) is 0 Å². The fourth-order valence-corrected chi connectivity index (χ4v) is 2.79. The van der Waals surface area contributed by atoms with E-state index >= 15 is 0 Å². The van der Waals surface area contributed by atoms with E-state index in [0.717, 1.165) is 8.25 Å². The van der Waals surface area contributed by atoms with Crippen LogP contribution in [0.25, 0.3) is 0 Å². The Kier molecular flexibility index (Phi) is 5.13. The summed E-state index contributed by atoms with van der Waals surface area (Å²) in [6.45, 7) is 0. The molecule has 1 amide bonds. The highest BCUT2D eigenvalue weighted by atomic mass is 127. The maximum atomic E-state index is 12.4. The average molecular weight is 447 g/mol. The van der Waals surface area contributed by atoms with E-state index < -0.39 is 5.91 Å². The zero-order chi connectivity index (χ0) is 17.8. The van der Waals surface area contributed by atoms with Crippen LogP contribution >= 0.6 is 22.6 Å². The molecule has 0 bridgehead atoms. The summed E-state index contributed by atoms with van der Waals surface area (Å²) in [4.78, 5) is 24.8. The number of nitrogens with zero attached hydrogens (tertiary/aromatic N) is 2. The lowest BCUT2D eigenvalue weighted by Crippen LogP contribution is -2.17. The number of ether oxygens (including phenoxy) is 1. The largest absolute Gasteiger partial charge is 0.495 e. The van der Waals surface area contributed by atoms with E-state index in [4.69, 9.17) is 4.74 Å². The third-order valence-electron chi connectivity index (χ3n) is 3.46. The number of benzene rings is 2. The second kappa shape index (κ2) is 7.47. The predicted octanol–water partition coefficient (Wildman–Crippen LogP) is 3.44.